The molecule has 0 spiro atoms. The zero-order chi connectivity index (χ0) is 15.7. The lowest BCUT2D eigenvalue weighted by atomic mass is 10.1. The Kier molecular flexibility index (Phi) is 3.57. The molecular weight excluding hydrogens is 283 g/mol. The maximum Gasteiger partial charge on any atom is 0.295 e. The van der Waals surface area contributed by atoms with Crippen molar-refractivity contribution in [2.45, 2.75) is 13.8 Å². The van der Waals surface area contributed by atoms with Crippen molar-refractivity contribution in [3.05, 3.63) is 44.9 Å². The Labute approximate surface area is 117 Å². The first-order valence-electron chi connectivity index (χ1n) is 5.79. The van der Waals surface area contributed by atoms with Crippen LogP contribution in [0.2, 0.25) is 0 Å². The topological polar surface area (TPSA) is 124 Å². The van der Waals surface area contributed by atoms with Gasteiger partial charge in [-0.3, -0.25) is 20.2 Å². The zero-order valence-corrected chi connectivity index (χ0v) is 11.1. The Hall–Kier alpha value is -2.97. The van der Waals surface area contributed by atoms with Crippen molar-refractivity contribution in [3.8, 4) is 0 Å². The Balaban J connectivity index is 2.40. The monoisotopic (exact) mass is 294 g/mol. The fourth-order valence-corrected chi connectivity index (χ4v) is 1.64. The van der Waals surface area contributed by atoms with Gasteiger partial charge >= 0.3 is 0 Å². The summed E-state index contributed by atoms with van der Waals surface area (Å²) in [5, 5.41) is 16.8. The highest BCUT2D eigenvalue weighted by molar-refractivity contribution is 6.08. The summed E-state index contributed by atoms with van der Waals surface area (Å²) in [6.45, 7) is 3.34. The zero-order valence-electron chi connectivity index (χ0n) is 11.1. The van der Waals surface area contributed by atoms with E-state index in [1.165, 1.54) is 0 Å². The second kappa shape index (κ2) is 5.19. The smallest absolute Gasteiger partial charge is 0.295 e. The third-order valence-corrected chi connectivity index (χ3v) is 2.95. The fourth-order valence-electron chi connectivity index (χ4n) is 1.64. The number of carbonyl (C=O) groups is 1. The van der Waals surface area contributed by atoms with Gasteiger partial charge in [-0.05, 0) is 19.9 Å². The summed E-state index contributed by atoms with van der Waals surface area (Å²) in [4.78, 5) is 22.0. The Morgan fingerprint density at radius 1 is 1.48 bits per heavy atom. The highest BCUT2D eigenvalue weighted by Crippen LogP contribution is 2.28. The van der Waals surface area contributed by atoms with Crippen LogP contribution in [0.1, 0.15) is 21.6 Å². The van der Waals surface area contributed by atoms with Gasteiger partial charge < -0.3 is 10.3 Å². The number of amides is 1. The molecule has 0 aliphatic carbocycles. The van der Waals surface area contributed by atoms with E-state index >= 15 is 0 Å². The van der Waals surface area contributed by atoms with E-state index in [0.717, 1.165) is 6.07 Å². The number of nitrogens with one attached hydrogen (secondary N) is 1. The van der Waals surface area contributed by atoms with Crippen LogP contribution in [0.5, 0.6) is 0 Å². The Morgan fingerprint density at radius 2 is 2.14 bits per heavy atom. The average molecular weight is 294 g/mol. The van der Waals surface area contributed by atoms with Crippen molar-refractivity contribution in [1.29, 1.82) is 0 Å². The second-order valence-electron chi connectivity index (χ2n) is 4.32. The molecule has 2 rings (SSSR count). The number of carbonyl (C=O) groups excluding carboxylic acids is 1. The number of nitrogens with two attached hydrogens (primary N) is 1. The molecule has 1 heterocycles. The lowest BCUT2D eigenvalue weighted by Crippen LogP contribution is -2.15. The molecule has 110 valence electrons. The van der Waals surface area contributed by atoms with Crippen LogP contribution < -0.4 is 11.1 Å². The van der Waals surface area contributed by atoms with Gasteiger partial charge in [0.2, 0.25) is 5.88 Å². The highest BCUT2D eigenvalue weighted by atomic mass is 19.1. The minimum absolute atomic E-state index is 0.0730. The molecule has 3 N–H and O–H groups in total. The van der Waals surface area contributed by atoms with E-state index in [1.54, 1.807) is 13.8 Å². The Bertz CT molecular complexity index is 741. The largest absolute Gasteiger partial charge is 0.393 e. The molecular formula is C12H11FN4O4. The number of nitro groups is 1. The maximum atomic E-state index is 13.4. The molecule has 0 saturated heterocycles. The number of halogens is 1. The van der Waals surface area contributed by atoms with Crippen LogP contribution >= 0.6 is 0 Å². The molecule has 0 unspecified atom stereocenters. The van der Waals surface area contributed by atoms with E-state index in [9.17, 15) is 19.3 Å². The third-order valence-electron chi connectivity index (χ3n) is 2.95. The fraction of sp³-hybridized carbons (Fsp3) is 0.167. The van der Waals surface area contributed by atoms with Gasteiger partial charge in [-0.25, -0.2) is 4.39 Å². The Morgan fingerprint density at radius 3 is 2.67 bits per heavy atom. The summed E-state index contributed by atoms with van der Waals surface area (Å²) in [6, 6.07) is 1.46. The summed E-state index contributed by atoms with van der Waals surface area (Å²) in [7, 11) is 0. The van der Waals surface area contributed by atoms with E-state index in [4.69, 9.17) is 10.3 Å². The minimum Gasteiger partial charge on any atom is -0.393 e. The van der Waals surface area contributed by atoms with E-state index in [-0.39, 0.29) is 11.4 Å². The number of aryl methyl sites for hydroxylation is 1. The SMILES string of the molecule is Cc1noc(NC(=O)c2cc(F)cc([N+](=O)[O-])c2N)c1C. The van der Waals surface area contributed by atoms with Gasteiger partial charge in [-0.15, -0.1) is 0 Å². The van der Waals surface area contributed by atoms with E-state index in [0.29, 0.717) is 17.3 Å². The van der Waals surface area contributed by atoms with Gasteiger partial charge in [-0.2, -0.15) is 0 Å². The molecule has 21 heavy (non-hydrogen) atoms. The van der Waals surface area contributed by atoms with Gasteiger partial charge in [0.25, 0.3) is 11.6 Å². The first kappa shape index (κ1) is 14.4. The summed E-state index contributed by atoms with van der Waals surface area (Å²) >= 11 is 0. The van der Waals surface area contributed by atoms with Crippen LogP contribution in [-0.2, 0) is 0 Å². The molecule has 8 nitrogen and oxygen atoms in total. The number of hydrogen-bond donors (Lipinski definition) is 2. The van der Waals surface area contributed by atoms with E-state index in [1.807, 2.05) is 0 Å². The lowest BCUT2D eigenvalue weighted by Gasteiger charge is -2.06. The molecule has 0 saturated carbocycles. The number of nitrogens with zero attached hydrogens (tertiary/aromatic N) is 2. The normalized spacial score (nSPS) is 10.4. The number of aromatic nitrogens is 1. The molecule has 0 fully saturated rings. The molecule has 2 aromatic rings. The number of nitrogen functional groups attached to an aromatic ring is 1. The average Bonchev–Trinajstić information content (AvgIpc) is 2.72. The summed E-state index contributed by atoms with van der Waals surface area (Å²) in [6.07, 6.45) is 0. The quantitative estimate of drug-likeness (QED) is 0.507. The maximum absolute atomic E-state index is 13.4. The number of benzene rings is 1. The van der Waals surface area contributed by atoms with Crippen LogP contribution in [0.3, 0.4) is 0 Å². The lowest BCUT2D eigenvalue weighted by molar-refractivity contribution is -0.384. The number of anilines is 2. The van der Waals surface area contributed by atoms with Crippen molar-refractivity contribution < 1.29 is 18.6 Å². The molecule has 0 bridgehead atoms. The van der Waals surface area contributed by atoms with Crippen LogP contribution in [0.25, 0.3) is 0 Å². The van der Waals surface area contributed by atoms with E-state index < -0.39 is 28.0 Å². The van der Waals surface area contributed by atoms with Gasteiger partial charge in [0, 0.05) is 5.56 Å². The number of hydrogen-bond acceptors (Lipinski definition) is 6. The number of nitro benzene ring substituents is 1. The predicted octanol–water partition coefficient (Wildman–Crippen LogP) is 2.17. The van der Waals surface area contributed by atoms with Crippen molar-refractivity contribution >= 4 is 23.2 Å². The van der Waals surface area contributed by atoms with Gasteiger partial charge in [0.05, 0.1) is 22.2 Å². The van der Waals surface area contributed by atoms with Gasteiger partial charge in [0.15, 0.2) is 0 Å². The van der Waals surface area contributed by atoms with Crippen molar-refractivity contribution in [3.63, 3.8) is 0 Å². The molecule has 1 aromatic carbocycles. The van der Waals surface area contributed by atoms with Crippen molar-refractivity contribution in [2.75, 3.05) is 11.1 Å². The first-order valence-corrected chi connectivity index (χ1v) is 5.79. The van der Waals surface area contributed by atoms with E-state index in [2.05, 4.69) is 10.5 Å². The van der Waals surface area contributed by atoms with Crippen LogP contribution in [-0.4, -0.2) is 16.0 Å². The van der Waals surface area contributed by atoms with Crippen LogP contribution in [0, 0.1) is 29.8 Å². The molecule has 1 amide bonds. The van der Waals surface area contributed by atoms with Crippen LogP contribution in [0.15, 0.2) is 16.7 Å². The van der Waals surface area contributed by atoms with Crippen molar-refractivity contribution in [2.24, 2.45) is 0 Å². The first-order chi connectivity index (χ1) is 9.81. The second-order valence-corrected chi connectivity index (χ2v) is 4.32. The molecule has 0 radical (unpaired) electrons. The highest BCUT2D eigenvalue weighted by Gasteiger charge is 2.23. The summed E-state index contributed by atoms with van der Waals surface area (Å²) in [5.41, 5.74) is 5.25. The molecule has 0 aliphatic heterocycles. The molecule has 9 heteroatoms. The summed E-state index contributed by atoms with van der Waals surface area (Å²) in [5.74, 6) is -1.69. The minimum atomic E-state index is -0.938. The summed E-state index contributed by atoms with van der Waals surface area (Å²) < 4.78 is 18.3. The third kappa shape index (κ3) is 2.66. The molecule has 0 atom stereocenters. The predicted molar refractivity (Wildman–Crippen MR) is 71.4 cm³/mol. The molecule has 0 aliphatic rings. The number of rotatable bonds is 3. The van der Waals surface area contributed by atoms with Gasteiger partial charge in [-0.1, -0.05) is 5.16 Å². The van der Waals surface area contributed by atoms with Crippen molar-refractivity contribution in [1.82, 2.24) is 5.16 Å². The standard InChI is InChI=1S/C12H11FN4O4/c1-5-6(2)16-21-12(5)15-11(18)8-3-7(13)4-9(10(8)14)17(19)20/h3-4H,14H2,1-2H3,(H,15,18). The van der Waals surface area contributed by atoms with Crippen LogP contribution in [0.4, 0.5) is 21.6 Å². The molecule has 1 aromatic heterocycles. The van der Waals surface area contributed by atoms with Gasteiger partial charge in [0.1, 0.15) is 11.5 Å².